The predicted octanol–water partition coefficient (Wildman–Crippen LogP) is -2.83. The van der Waals surface area contributed by atoms with E-state index in [0.29, 0.717) is 9.99 Å². The number of pyridine rings is 2. The number of rotatable bonds is 6. The number of aromatic hydroxyl groups is 1. The average molecular weight is 419 g/mol. The molecule has 118 valence electrons. The van der Waals surface area contributed by atoms with Crippen LogP contribution in [0.5, 0.6) is 5.75 Å². The van der Waals surface area contributed by atoms with Crippen molar-refractivity contribution in [3.8, 4) is 5.75 Å². The van der Waals surface area contributed by atoms with Gasteiger partial charge in [0.05, 0.1) is 0 Å². The van der Waals surface area contributed by atoms with E-state index in [1.165, 1.54) is 12.3 Å². The summed E-state index contributed by atoms with van der Waals surface area (Å²) in [6.45, 7) is 0. The number of H-pyrrole nitrogens is 1. The van der Waals surface area contributed by atoms with Gasteiger partial charge in [-0.15, -0.1) is 0 Å². The maximum absolute atomic E-state index is 11.9. The monoisotopic (exact) mass is 419 g/mol. The third-order valence-electron chi connectivity index (χ3n) is 2.95. The Hall–Kier alpha value is -2.01. The van der Waals surface area contributed by atoms with Crippen LogP contribution in [0, 0.1) is 0 Å². The molecule has 0 fully saturated rings. The number of nitrogens with one attached hydrogen (secondary N) is 1. The molecule has 0 aliphatic carbocycles. The quantitative estimate of drug-likeness (QED) is 0.225. The molecule has 0 saturated carbocycles. The molecule has 0 atom stereocenters. The first-order valence-corrected chi connectivity index (χ1v) is 8.64. The fraction of sp³-hybridized carbons (Fsp3) is 0.231. The molecule has 0 aliphatic heterocycles. The maximum atomic E-state index is 11.9. The summed E-state index contributed by atoms with van der Waals surface area (Å²) in [5, 5.41) is 18.9. The second-order valence-electron chi connectivity index (χ2n) is 4.49. The van der Waals surface area contributed by atoms with Gasteiger partial charge in [-0.25, -0.2) is 0 Å². The molecular formula is C13H12IN2O6-. The van der Waals surface area contributed by atoms with E-state index in [-0.39, 0.29) is 17.5 Å². The molecule has 0 bridgehead atoms. The first-order chi connectivity index (χ1) is 10.4. The second-order valence-corrected chi connectivity index (χ2v) is 5.93. The molecule has 0 aliphatic rings. The van der Waals surface area contributed by atoms with Crippen LogP contribution >= 0.6 is 0 Å². The summed E-state index contributed by atoms with van der Waals surface area (Å²) in [5.41, 5.74) is -0.479. The average Bonchev–Trinajstić information content (AvgIpc) is 2.46. The zero-order chi connectivity index (χ0) is 16.3. The van der Waals surface area contributed by atoms with Gasteiger partial charge in [-0.3, -0.25) is 0 Å². The molecule has 2 aromatic heterocycles. The first-order valence-electron chi connectivity index (χ1n) is 6.15. The molecule has 4 N–H and O–H groups in total. The number of carboxylic acids is 1. The molecule has 8 nitrogen and oxygen atoms in total. The van der Waals surface area contributed by atoms with Gasteiger partial charge in [0.15, 0.2) is 0 Å². The SMILES string of the molecule is O=C(O)CCC(=O)c1c(O)c2cc(C[I-]O)cnc2[nH]c1=O. The number of nitrogens with zero attached hydrogens (tertiary/aromatic N) is 1. The van der Waals surface area contributed by atoms with Gasteiger partial charge in [0.25, 0.3) is 0 Å². The van der Waals surface area contributed by atoms with E-state index in [4.69, 9.17) is 8.54 Å². The fourth-order valence-corrected chi connectivity index (χ4v) is 2.76. The normalized spacial score (nSPS) is 11.0. The summed E-state index contributed by atoms with van der Waals surface area (Å²) < 4.78 is 9.44. The van der Waals surface area contributed by atoms with E-state index >= 15 is 0 Å². The van der Waals surface area contributed by atoms with E-state index in [9.17, 15) is 19.5 Å². The van der Waals surface area contributed by atoms with E-state index in [2.05, 4.69) is 9.97 Å². The van der Waals surface area contributed by atoms with Crippen LogP contribution in [0.2, 0.25) is 0 Å². The zero-order valence-electron chi connectivity index (χ0n) is 11.2. The molecular weight excluding hydrogens is 407 g/mol. The Morgan fingerprint density at radius 3 is 2.68 bits per heavy atom. The number of carboxylic acid groups (broad SMARTS) is 1. The van der Waals surface area contributed by atoms with Crippen molar-refractivity contribution in [1.29, 1.82) is 0 Å². The van der Waals surface area contributed by atoms with Gasteiger partial charge in [0, 0.05) is 0 Å². The topological polar surface area (TPSA) is 141 Å². The van der Waals surface area contributed by atoms with Crippen LogP contribution in [0.25, 0.3) is 11.0 Å². The summed E-state index contributed by atoms with van der Waals surface area (Å²) in [4.78, 5) is 40.7. The van der Waals surface area contributed by atoms with Crippen molar-refractivity contribution in [3.63, 3.8) is 0 Å². The number of hydrogen-bond acceptors (Lipinski definition) is 6. The van der Waals surface area contributed by atoms with Crippen molar-refractivity contribution in [2.75, 3.05) is 0 Å². The van der Waals surface area contributed by atoms with E-state index in [0.717, 1.165) is 0 Å². The Labute approximate surface area is 134 Å². The number of aliphatic carboxylic acids is 1. The minimum absolute atomic E-state index is 0.122. The van der Waals surface area contributed by atoms with E-state index in [1.54, 1.807) is 0 Å². The number of Topliss-reactive ketones (excluding diaryl/α,β-unsaturated/α-hetero) is 1. The van der Waals surface area contributed by atoms with Crippen LogP contribution in [0.1, 0.15) is 28.8 Å². The number of hydrogen-bond donors (Lipinski definition) is 4. The van der Waals surface area contributed by atoms with Crippen LogP contribution < -0.4 is 27.2 Å². The van der Waals surface area contributed by atoms with Crippen LogP contribution in [0.3, 0.4) is 0 Å². The van der Waals surface area contributed by atoms with Crippen LogP contribution in [0.15, 0.2) is 17.1 Å². The Bertz CT molecular complexity index is 801. The third kappa shape index (κ3) is 3.42. The van der Waals surface area contributed by atoms with E-state index < -0.39 is 56.7 Å². The Balaban J connectivity index is 2.52. The standard InChI is InChI=1S/C13H12IN2O6/c17-8(1-2-9(18)19)10-11(20)7-3-6(4-14-22)5-15-12(7)16-13(10)21/h3,5,22H,1-2,4H2,(H,18,19)(H2,15,16,20,21)/q-1. The summed E-state index contributed by atoms with van der Waals surface area (Å²) in [6.07, 6.45) is 0.662. The van der Waals surface area contributed by atoms with E-state index in [1.807, 2.05) is 0 Å². The summed E-state index contributed by atoms with van der Waals surface area (Å²) in [7, 11) is 0. The van der Waals surface area contributed by atoms with Gasteiger partial charge in [-0.05, 0) is 0 Å². The number of alkyl halides is 1. The second kappa shape index (κ2) is 6.83. The third-order valence-corrected chi connectivity index (χ3v) is 4.18. The first kappa shape index (κ1) is 16.4. The molecule has 9 heteroatoms. The van der Waals surface area contributed by atoms with Crippen molar-refractivity contribution in [3.05, 3.63) is 33.7 Å². The number of carbonyl (C=O) groups is 2. The molecule has 0 unspecified atom stereocenters. The van der Waals surface area contributed by atoms with Gasteiger partial charge in [-0.2, -0.15) is 0 Å². The van der Waals surface area contributed by atoms with Gasteiger partial charge >= 0.3 is 134 Å². The number of aromatic nitrogens is 2. The zero-order valence-corrected chi connectivity index (χ0v) is 13.3. The summed E-state index contributed by atoms with van der Waals surface area (Å²) in [6, 6.07) is 1.54. The molecule has 2 heterocycles. The molecule has 22 heavy (non-hydrogen) atoms. The van der Waals surface area contributed by atoms with Crippen LogP contribution in [0.4, 0.5) is 0 Å². The molecule has 0 saturated heterocycles. The number of carbonyl (C=O) groups excluding carboxylic acids is 1. The fourth-order valence-electron chi connectivity index (χ4n) is 1.95. The van der Waals surface area contributed by atoms with Crippen molar-refractivity contribution in [1.82, 2.24) is 9.97 Å². The molecule has 0 radical (unpaired) electrons. The predicted molar refractivity (Wildman–Crippen MR) is 71.2 cm³/mol. The van der Waals surface area contributed by atoms with Crippen molar-refractivity contribution in [2.24, 2.45) is 0 Å². The van der Waals surface area contributed by atoms with Crippen molar-refractivity contribution in [2.45, 2.75) is 17.3 Å². The molecule has 2 rings (SSSR count). The summed E-state index contributed by atoms with van der Waals surface area (Å²) >= 11 is -1.00. The van der Waals surface area contributed by atoms with Crippen LogP contribution in [-0.2, 0) is 9.22 Å². The molecule has 2 aromatic rings. The Morgan fingerprint density at radius 1 is 1.32 bits per heavy atom. The van der Waals surface area contributed by atoms with Gasteiger partial charge in [0.2, 0.25) is 0 Å². The summed E-state index contributed by atoms with van der Waals surface area (Å²) in [5.74, 6) is -2.43. The Morgan fingerprint density at radius 2 is 2.05 bits per heavy atom. The van der Waals surface area contributed by atoms with Gasteiger partial charge < -0.3 is 0 Å². The Kier molecular flexibility index (Phi) is 5.08. The number of fused-ring (bicyclic) bond motifs is 1. The van der Waals surface area contributed by atoms with Gasteiger partial charge in [0.1, 0.15) is 0 Å². The van der Waals surface area contributed by atoms with Crippen LogP contribution in [-0.4, -0.2) is 35.4 Å². The number of ketones is 1. The molecule has 0 aromatic carbocycles. The van der Waals surface area contributed by atoms with Gasteiger partial charge in [-0.1, -0.05) is 0 Å². The minimum atomic E-state index is -1.17. The molecule has 0 spiro atoms. The number of halogens is 1. The van der Waals surface area contributed by atoms with Crippen molar-refractivity contribution >= 4 is 22.8 Å². The van der Waals surface area contributed by atoms with Crippen molar-refractivity contribution < 1.29 is 44.9 Å². The number of aromatic amines is 1. The molecule has 0 amide bonds.